The van der Waals surface area contributed by atoms with E-state index in [1.54, 1.807) is 0 Å². The monoisotopic (exact) mass is 325 g/mol. The van der Waals surface area contributed by atoms with Crippen LogP contribution in [0.15, 0.2) is 15.7 Å². The van der Waals surface area contributed by atoms with Crippen LogP contribution in [0.25, 0.3) is 0 Å². The van der Waals surface area contributed by atoms with E-state index in [0.29, 0.717) is 23.9 Å². The number of fused-ring (bicyclic) bond motifs is 1. The van der Waals surface area contributed by atoms with Crippen LogP contribution >= 0.6 is 23.1 Å². The minimum atomic E-state index is 0.0746. The van der Waals surface area contributed by atoms with Crippen molar-refractivity contribution in [2.45, 2.75) is 48.2 Å². The largest absolute Gasteiger partial charge is 0.338 e. The predicted molar refractivity (Wildman–Crippen MR) is 89.2 cm³/mol. The van der Waals surface area contributed by atoms with Gasteiger partial charge >= 0.3 is 6.03 Å². The second-order valence-electron chi connectivity index (χ2n) is 5.81. The van der Waals surface area contributed by atoms with Crippen LogP contribution in [0.3, 0.4) is 0 Å². The molecule has 2 aliphatic heterocycles. The summed E-state index contributed by atoms with van der Waals surface area (Å²) in [6, 6.07) is 3.19. The number of nitrogens with zero attached hydrogens (tertiary/aromatic N) is 1. The molecule has 1 saturated heterocycles. The normalized spacial score (nSPS) is 28.5. The zero-order chi connectivity index (χ0) is 14.8. The summed E-state index contributed by atoms with van der Waals surface area (Å²) in [6.07, 6.45) is 2.22. The number of nitrogens with one attached hydrogen (secondary N) is 2. The second-order valence-corrected chi connectivity index (χ2v) is 8.44. The van der Waals surface area contributed by atoms with Gasteiger partial charge in [-0.3, -0.25) is 0 Å². The van der Waals surface area contributed by atoms with Crippen molar-refractivity contribution >= 4 is 29.1 Å². The van der Waals surface area contributed by atoms with Crippen LogP contribution in [-0.2, 0) is 0 Å². The molecular formula is C15H23N3OS2. The molecule has 4 nitrogen and oxygen atoms in total. The highest BCUT2D eigenvalue weighted by atomic mass is 32.2. The average molecular weight is 326 g/mol. The minimum absolute atomic E-state index is 0.0746. The van der Waals surface area contributed by atoms with Crippen LogP contribution in [0.5, 0.6) is 0 Å². The number of rotatable bonds is 3. The molecule has 0 aromatic carbocycles. The third kappa shape index (κ3) is 3.38. The molecule has 21 heavy (non-hydrogen) atoms. The molecule has 3 heterocycles. The minimum Gasteiger partial charge on any atom is -0.338 e. The van der Waals surface area contributed by atoms with E-state index in [1.165, 1.54) is 16.2 Å². The lowest BCUT2D eigenvalue weighted by Crippen LogP contribution is -2.42. The molecule has 6 heteroatoms. The van der Waals surface area contributed by atoms with Crippen molar-refractivity contribution in [3.63, 3.8) is 0 Å². The van der Waals surface area contributed by atoms with Gasteiger partial charge in [-0.05, 0) is 36.8 Å². The first-order valence-corrected chi connectivity index (χ1v) is 9.46. The standard InChI is InChI=1S/C15H23N3OS2/c1-3-16-15(19)18-6-4-11(9-18)17-13-8-10(2)21-14-12(13)5-7-20-14/h5,7,10-11,13,17H,3-4,6,8-9H2,1-2H3,(H,16,19)/t10-,11-,13-/m0/s1. The van der Waals surface area contributed by atoms with E-state index < -0.39 is 0 Å². The van der Waals surface area contributed by atoms with Crippen LogP contribution < -0.4 is 10.6 Å². The van der Waals surface area contributed by atoms with E-state index in [2.05, 4.69) is 29.0 Å². The molecule has 0 bridgehead atoms. The number of hydrogen-bond acceptors (Lipinski definition) is 4. The fourth-order valence-electron chi connectivity index (χ4n) is 3.14. The molecule has 1 aromatic rings. The van der Waals surface area contributed by atoms with Gasteiger partial charge in [0.15, 0.2) is 0 Å². The van der Waals surface area contributed by atoms with Crippen molar-refractivity contribution in [2.75, 3.05) is 19.6 Å². The highest BCUT2D eigenvalue weighted by Crippen LogP contribution is 2.44. The van der Waals surface area contributed by atoms with E-state index in [9.17, 15) is 4.79 Å². The third-order valence-electron chi connectivity index (χ3n) is 4.15. The second kappa shape index (κ2) is 6.58. The Hall–Kier alpha value is -0.720. The van der Waals surface area contributed by atoms with E-state index in [0.717, 1.165) is 19.5 Å². The Balaban J connectivity index is 1.60. The summed E-state index contributed by atoms with van der Waals surface area (Å²) < 4.78 is 1.46. The summed E-state index contributed by atoms with van der Waals surface area (Å²) in [4.78, 5) is 13.8. The Morgan fingerprint density at radius 2 is 2.38 bits per heavy atom. The van der Waals surface area contributed by atoms with Gasteiger partial charge < -0.3 is 15.5 Å². The lowest BCUT2D eigenvalue weighted by molar-refractivity contribution is 0.208. The van der Waals surface area contributed by atoms with Gasteiger partial charge in [0.1, 0.15) is 0 Å². The van der Waals surface area contributed by atoms with Crippen LogP contribution in [0.2, 0.25) is 0 Å². The fraction of sp³-hybridized carbons (Fsp3) is 0.667. The average Bonchev–Trinajstić information content (AvgIpc) is 3.07. The summed E-state index contributed by atoms with van der Waals surface area (Å²) in [7, 11) is 0. The smallest absolute Gasteiger partial charge is 0.317 e. The van der Waals surface area contributed by atoms with E-state index in [4.69, 9.17) is 0 Å². The topological polar surface area (TPSA) is 44.4 Å². The first-order chi connectivity index (χ1) is 10.2. The molecule has 0 unspecified atom stereocenters. The maximum absolute atomic E-state index is 11.9. The number of amides is 2. The Bertz CT molecular complexity index is 505. The van der Waals surface area contributed by atoms with Crippen molar-refractivity contribution in [1.29, 1.82) is 0 Å². The van der Waals surface area contributed by atoms with E-state index in [-0.39, 0.29) is 6.03 Å². The quantitative estimate of drug-likeness (QED) is 0.898. The summed E-state index contributed by atoms with van der Waals surface area (Å²) in [5.74, 6) is 0. The number of likely N-dealkylation sites (tertiary alicyclic amines) is 1. The van der Waals surface area contributed by atoms with Crippen LogP contribution in [0, 0.1) is 0 Å². The van der Waals surface area contributed by atoms with Gasteiger partial charge in [-0.1, -0.05) is 6.92 Å². The third-order valence-corrected chi connectivity index (χ3v) is 6.49. The molecule has 3 rings (SSSR count). The highest BCUT2D eigenvalue weighted by molar-refractivity contribution is 8.01. The fourth-order valence-corrected chi connectivity index (χ4v) is 5.70. The summed E-state index contributed by atoms with van der Waals surface area (Å²) >= 11 is 3.85. The van der Waals surface area contributed by atoms with Crippen molar-refractivity contribution in [2.24, 2.45) is 0 Å². The van der Waals surface area contributed by atoms with E-state index >= 15 is 0 Å². The number of urea groups is 1. The molecule has 116 valence electrons. The van der Waals surface area contributed by atoms with Crippen molar-refractivity contribution in [3.8, 4) is 0 Å². The van der Waals surface area contributed by atoms with Crippen molar-refractivity contribution in [1.82, 2.24) is 15.5 Å². The summed E-state index contributed by atoms with van der Waals surface area (Å²) in [5, 5.41) is 9.53. The zero-order valence-electron chi connectivity index (χ0n) is 12.6. The molecule has 2 aliphatic rings. The summed E-state index contributed by atoms with van der Waals surface area (Å²) in [6.45, 7) is 6.64. The van der Waals surface area contributed by atoms with Gasteiger partial charge in [0.05, 0.1) is 4.21 Å². The van der Waals surface area contributed by atoms with Crippen molar-refractivity contribution < 1.29 is 4.79 Å². The number of hydrogen-bond donors (Lipinski definition) is 2. The lowest BCUT2D eigenvalue weighted by atomic mass is 10.0. The Kier molecular flexibility index (Phi) is 4.76. The van der Waals surface area contributed by atoms with Crippen LogP contribution in [-0.4, -0.2) is 41.9 Å². The first kappa shape index (κ1) is 15.2. The van der Waals surface area contributed by atoms with Gasteiger partial charge in [0.2, 0.25) is 0 Å². The van der Waals surface area contributed by atoms with E-state index in [1.807, 2.05) is 34.9 Å². The van der Waals surface area contributed by atoms with Gasteiger partial charge in [0, 0.05) is 37.0 Å². The number of thioether (sulfide) groups is 1. The van der Waals surface area contributed by atoms with Gasteiger partial charge in [-0.25, -0.2) is 4.79 Å². The van der Waals surface area contributed by atoms with Crippen LogP contribution in [0.4, 0.5) is 4.79 Å². The maximum Gasteiger partial charge on any atom is 0.317 e. The predicted octanol–water partition coefficient (Wildman–Crippen LogP) is 3.07. The van der Waals surface area contributed by atoms with Crippen LogP contribution in [0.1, 0.15) is 38.3 Å². The lowest BCUT2D eigenvalue weighted by Gasteiger charge is -2.30. The zero-order valence-corrected chi connectivity index (χ0v) is 14.2. The number of thiophene rings is 1. The van der Waals surface area contributed by atoms with Gasteiger partial charge in [0.25, 0.3) is 0 Å². The maximum atomic E-state index is 11.9. The highest BCUT2D eigenvalue weighted by Gasteiger charge is 2.31. The number of carbonyl (C=O) groups is 1. The molecule has 3 atom stereocenters. The molecular weight excluding hydrogens is 302 g/mol. The molecule has 0 spiro atoms. The van der Waals surface area contributed by atoms with Crippen molar-refractivity contribution in [3.05, 3.63) is 17.0 Å². The molecule has 0 saturated carbocycles. The Morgan fingerprint density at radius 1 is 1.52 bits per heavy atom. The van der Waals surface area contributed by atoms with Gasteiger partial charge in [-0.15, -0.1) is 23.1 Å². The SMILES string of the molecule is CCNC(=O)N1CC[C@H](N[C@H]2C[C@H](C)Sc3sccc32)C1. The van der Waals surface area contributed by atoms with Gasteiger partial charge in [-0.2, -0.15) is 0 Å². The first-order valence-electron chi connectivity index (χ1n) is 7.70. The molecule has 1 fully saturated rings. The molecule has 0 radical (unpaired) electrons. The Labute approximate surface area is 134 Å². The Morgan fingerprint density at radius 3 is 3.19 bits per heavy atom. The molecule has 2 N–H and O–H groups in total. The molecule has 2 amide bonds. The molecule has 0 aliphatic carbocycles. The summed E-state index contributed by atoms with van der Waals surface area (Å²) in [5.41, 5.74) is 1.46. The molecule has 1 aromatic heterocycles. The number of carbonyl (C=O) groups excluding carboxylic acids is 1.